The molecule has 0 unspecified atom stereocenters. The molecule has 0 atom stereocenters. The summed E-state index contributed by atoms with van der Waals surface area (Å²) in [6.07, 6.45) is 3.55. The third-order valence-corrected chi connectivity index (χ3v) is 4.65. The van der Waals surface area contributed by atoms with Crippen molar-refractivity contribution < 1.29 is 9.59 Å². The second-order valence-electron chi connectivity index (χ2n) is 7.71. The molecule has 0 fully saturated rings. The van der Waals surface area contributed by atoms with Crippen LogP contribution in [0.4, 0.5) is 0 Å². The van der Waals surface area contributed by atoms with Gasteiger partial charge in [0, 0.05) is 29.8 Å². The predicted molar refractivity (Wildman–Crippen MR) is 100 cm³/mol. The van der Waals surface area contributed by atoms with Gasteiger partial charge < -0.3 is 5.32 Å². The first-order valence-electron chi connectivity index (χ1n) is 9.08. The van der Waals surface area contributed by atoms with E-state index in [2.05, 4.69) is 36.3 Å². The largest absolute Gasteiger partial charge is 0.313 e. The molecule has 0 spiro atoms. The van der Waals surface area contributed by atoms with Gasteiger partial charge in [-0.15, -0.1) is 0 Å². The highest BCUT2D eigenvalue weighted by Crippen LogP contribution is 2.24. The fourth-order valence-electron chi connectivity index (χ4n) is 3.28. The zero-order valence-electron chi connectivity index (χ0n) is 15.6. The lowest BCUT2D eigenvalue weighted by Crippen LogP contribution is -2.31. The van der Waals surface area contributed by atoms with E-state index in [9.17, 15) is 9.59 Å². The summed E-state index contributed by atoms with van der Waals surface area (Å²) in [5.41, 5.74) is 3.41. The number of fused-ring (bicyclic) bond motifs is 1. The van der Waals surface area contributed by atoms with E-state index in [4.69, 9.17) is 0 Å². The zero-order chi connectivity index (χ0) is 18.7. The first-order valence-corrected chi connectivity index (χ1v) is 9.08. The average Bonchev–Trinajstić information content (AvgIpc) is 3.17. The van der Waals surface area contributed by atoms with Crippen LogP contribution < -0.4 is 5.32 Å². The van der Waals surface area contributed by atoms with Crippen LogP contribution in [0.3, 0.4) is 0 Å². The molecule has 26 heavy (non-hydrogen) atoms. The van der Waals surface area contributed by atoms with E-state index in [1.807, 2.05) is 6.20 Å². The first kappa shape index (κ1) is 18.3. The zero-order valence-corrected chi connectivity index (χ0v) is 15.6. The Bertz CT molecular complexity index is 769. The number of hydrogen-bond acceptors (Lipinski definition) is 4. The lowest BCUT2D eigenvalue weighted by Gasteiger charge is -2.18. The summed E-state index contributed by atoms with van der Waals surface area (Å²) in [6.45, 7) is 8.53. The first-order chi connectivity index (χ1) is 12.4. The molecule has 1 aromatic carbocycles. The predicted octanol–water partition coefficient (Wildman–Crippen LogP) is 2.87. The number of rotatable bonds is 7. The molecule has 0 saturated carbocycles. The second-order valence-corrected chi connectivity index (χ2v) is 7.71. The maximum Gasteiger partial charge on any atom is 0.261 e. The molecule has 3 rings (SSSR count). The summed E-state index contributed by atoms with van der Waals surface area (Å²) in [6, 6.07) is 7.02. The van der Waals surface area contributed by atoms with E-state index in [0.29, 0.717) is 17.7 Å². The third kappa shape index (κ3) is 3.70. The van der Waals surface area contributed by atoms with Crippen molar-refractivity contribution in [3.05, 3.63) is 52.8 Å². The van der Waals surface area contributed by atoms with Crippen LogP contribution in [0.5, 0.6) is 0 Å². The number of hydrogen-bond donors (Lipinski definition) is 2. The molecule has 1 aliphatic rings. The number of benzene rings is 1. The van der Waals surface area contributed by atoms with Crippen molar-refractivity contribution in [2.75, 3.05) is 13.1 Å². The summed E-state index contributed by atoms with van der Waals surface area (Å²) >= 11 is 0. The van der Waals surface area contributed by atoms with Gasteiger partial charge in [0.25, 0.3) is 11.8 Å². The van der Waals surface area contributed by atoms with Gasteiger partial charge in [0.1, 0.15) is 0 Å². The third-order valence-electron chi connectivity index (χ3n) is 4.65. The number of H-pyrrole nitrogens is 1. The Labute approximate surface area is 154 Å². The van der Waals surface area contributed by atoms with Gasteiger partial charge in [-0.3, -0.25) is 19.6 Å². The maximum absolute atomic E-state index is 12.3. The normalized spacial score (nSPS) is 14.2. The van der Waals surface area contributed by atoms with Crippen molar-refractivity contribution in [2.45, 2.75) is 45.6 Å². The van der Waals surface area contributed by atoms with Crippen molar-refractivity contribution in [1.29, 1.82) is 0 Å². The Morgan fingerprint density at radius 2 is 1.73 bits per heavy atom. The Morgan fingerprint density at radius 3 is 2.35 bits per heavy atom. The lowest BCUT2D eigenvalue weighted by molar-refractivity contribution is 0.0651. The van der Waals surface area contributed by atoms with Crippen LogP contribution >= 0.6 is 0 Å². The van der Waals surface area contributed by atoms with E-state index in [-0.39, 0.29) is 17.2 Å². The highest BCUT2D eigenvalue weighted by atomic mass is 16.2. The molecule has 2 heterocycles. The molecule has 6 nitrogen and oxygen atoms in total. The van der Waals surface area contributed by atoms with Crippen molar-refractivity contribution in [2.24, 2.45) is 0 Å². The minimum atomic E-state index is -0.174. The monoisotopic (exact) mass is 354 g/mol. The molecule has 1 aliphatic heterocycles. The highest BCUT2D eigenvalue weighted by molar-refractivity contribution is 6.21. The number of aromatic amines is 1. The Balaban J connectivity index is 1.42. The number of nitrogens with zero attached hydrogens (tertiary/aromatic N) is 2. The van der Waals surface area contributed by atoms with E-state index in [1.54, 1.807) is 24.3 Å². The molecular weight excluding hydrogens is 328 g/mol. The number of amides is 2. The fourth-order valence-corrected chi connectivity index (χ4v) is 3.28. The summed E-state index contributed by atoms with van der Waals surface area (Å²) in [5, 5.41) is 10.6. The summed E-state index contributed by atoms with van der Waals surface area (Å²) in [4.78, 5) is 25.9. The number of carbonyl (C=O) groups excluding carboxylic acids is 2. The van der Waals surface area contributed by atoms with Gasteiger partial charge in [-0.25, -0.2) is 0 Å². The van der Waals surface area contributed by atoms with Gasteiger partial charge in [-0.1, -0.05) is 32.9 Å². The molecule has 1 aromatic heterocycles. The van der Waals surface area contributed by atoms with E-state index in [1.165, 1.54) is 10.5 Å². The minimum absolute atomic E-state index is 0.0407. The summed E-state index contributed by atoms with van der Waals surface area (Å²) in [7, 11) is 0. The number of nitrogens with one attached hydrogen (secondary N) is 2. The molecule has 2 aromatic rings. The SMILES string of the molecule is CC(C)(C)c1[nH]ncc1CNCCCCN1C(=O)c2ccccc2C1=O. The van der Waals surface area contributed by atoms with Crippen LogP contribution in [0.15, 0.2) is 30.5 Å². The van der Waals surface area contributed by atoms with Gasteiger partial charge in [0.15, 0.2) is 0 Å². The van der Waals surface area contributed by atoms with E-state index < -0.39 is 0 Å². The van der Waals surface area contributed by atoms with Crippen molar-refractivity contribution in [3.8, 4) is 0 Å². The Morgan fingerprint density at radius 1 is 1.08 bits per heavy atom. The highest BCUT2D eigenvalue weighted by Gasteiger charge is 2.34. The molecule has 0 saturated heterocycles. The van der Waals surface area contributed by atoms with Gasteiger partial charge in [0.05, 0.1) is 17.3 Å². The van der Waals surface area contributed by atoms with Gasteiger partial charge in [-0.05, 0) is 31.5 Å². The molecule has 2 amide bonds. The lowest BCUT2D eigenvalue weighted by atomic mass is 9.89. The molecular formula is C20H26N4O2. The van der Waals surface area contributed by atoms with Crippen LogP contribution in [0, 0.1) is 0 Å². The summed E-state index contributed by atoms with van der Waals surface area (Å²) < 4.78 is 0. The fraction of sp³-hybridized carbons (Fsp3) is 0.450. The van der Waals surface area contributed by atoms with Crippen LogP contribution in [0.1, 0.15) is 65.6 Å². The van der Waals surface area contributed by atoms with E-state index >= 15 is 0 Å². The molecule has 138 valence electrons. The molecule has 2 N–H and O–H groups in total. The average molecular weight is 354 g/mol. The minimum Gasteiger partial charge on any atom is -0.313 e. The van der Waals surface area contributed by atoms with Crippen LogP contribution in [-0.4, -0.2) is 40.0 Å². The quantitative estimate of drug-likeness (QED) is 0.592. The van der Waals surface area contributed by atoms with Crippen LogP contribution in [0.25, 0.3) is 0 Å². The maximum atomic E-state index is 12.3. The van der Waals surface area contributed by atoms with Crippen LogP contribution in [0.2, 0.25) is 0 Å². The second kappa shape index (κ2) is 7.41. The van der Waals surface area contributed by atoms with E-state index in [0.717, 1.165) is 31.6 Å². The Hall–Kier alpha value is -2.47. The van der Waals surface area contributed by atoms with Gasteiger partial charge >= 0.3 is 0 Å². The van der Waals surface area contributed by atoms with Crippen molar-refractivity contribution >= 4 is 11.8 Å². The standard InChI is InChI=1S/C20H26N4O2/c1-20(2,3)17-14(13-22-23-17)12-21-10-6-7-11-24-18(25)15-8-4-5-9-16(15)19(24)26/h4-5,8-9,13,21H,6-7,10-12H2,1-3H3,(H,22,23). The smallest absolute Gasteiger partial charge is 0.261 e. The van der Waals surface area contributed by atoms with Crippen molar-refractivity contribution in [3.63, 3.8) is 0 Å². The van der Waals surface area contributed by atoms with Crippen molar-refractivity contribution in [1.82, 2.24) is 20.4 Å². The number of unbranched alkanes of at least 4 members (excludes halogenated alkanes) is 1. The topological polar surface area (TPSA) is 78.1 Å². The number of aromatic nitrogens is 2. The van der Waals surface area contributed by atoms with Crippen LogP contribution in [-0.2, 0) is 12.0 Å². The van der Waals surface area contributed by atoms with Gasteiger partial charge in [-0.2, -0.15) is 5.10 Å². The van der Waals surface area contributed by atoms with Gasteiger partial charge in [0.2, 0.25) is 0 Å². The molecule has 6 heteroatoms. The number of carbonyl (C=O) groups is 2. The number of imide groups is 1. The Kier molecular flexibility index (Phi) is 5.23. The molecule has 0 aliphatic carbocycles. The molecule has 0 radical (unpaired) electrons. The molecule has 0 bridgehead atoms. The summed E-state index contributed by atoms with van der Waals surface area (Å²) in [5.74, 6) is -0.349.